The van der Waals surface area contributed by atoms with Gasteiger partial charge in [0.25, 0.3) is 0 Å². The summed E-state index contributed by atoms with van der Waals surface area (Å²) in [5.74, 6) is 0.227. The van der Waals surface area contributed by atoms with Crippen molar-refractivity contribution in [2.75, 3.05) is 13.2 Å². The second-order valence-corrected chi connectivity index (χ2v) is 6.64. The Morgan fingerprint density at radius 1 is 1.27 bits per heavy atom. The van der Waals surface area contributed by atoms with Crippen molar-refractivity contribution in [3.8, 4) is 0 Å². The van der Waals surface area contributed by atoms with E-state index in [2.05, 4.69) is 10.3 Å². The first kappa shape index (κ1) is 16.8. The van der Waals surface area contributed by atoms with Crippen LogP contribution in [0.5, 0.6) is 0 Å². The van der Waals surface area contributed by atoms with Crippen LogP contribution in [0.25, 0.3) is 0 Å². The number of rotatable bonds is 5. The Balaban J connectivity index is 1.41. The molecule has 2 fully saturated rings. The number of furan rings is 1. The van der Waals surface area contributed by atoms with Gasteiger partial charge in [-0.1, -0.05) is 6.07 Å². The Kier molecular flexibility index (Phi) is 4.71. The molecule has 136 valence electrons. The van der Waals surface area contributed by atoms with Crippen molar-refractivity contribution in [3.05, 3.63) is 54.2 Å². The number of pyridine rings is 1. The number of aromatic nitrogens is 1. The van der Waals surface area contributed by atoms with E-state index in [4.69, 9.17) is 9.15 Å². The number of nitrogens with one attached hydrogen (secondary N) is 1. The third-order valence-corrected chi connectivity index (χ3v) is 5.03. The summed E-state index contributed by atoms with van der Waals surface area (Å²) in [5, 5.41) is 2.89. The van der Waals surface area contributed by atoms with Gasteiger partial charge in [0.1, 0.15) is 5.76 Å². The lowest BCUT2D eigenvalue weighted by Gasteiger charge is -2.22. The number of nitrogens with zero attached hydrogens (tertiary/aromatic N) is 2. The highest BCUT2D eigenvalue weighted by Gasteiger charge is 2.50. The van der Waals surface area contributed by atoms with Crippen LogP contribution < -0.4 is 5.32 Å². The van der Waals surface area contributed by atoms with Crippen LogP contribution in [0.1, 0.15) is 17.9 Å². The number of fused-ring (bicyclic) bond motifs is 1. The first-order valence-corrected chi connectivity index (χ1v) is 8.83. The molecule has 2 aromatic heterocycles. The van der Waals surface area contributed by atoms with E-state index in [0.29, 0.717) is 25.5 Å². The van der Waals surface area contributed by atoms with Gasteiger partial charge in [0.05, 0.1) is 37.3 Å². The van der Waals surface area contributed by atoms with E-state index in [-0.39, 0.29) is 36.3 Å². The number of carbonyl (C=O) groups is 2. The number of hydrogen-bond donors (Lipinski definition) is 1. The number of amides is 2. The zero-order valence-corrected chi connectivity index (χ0v) is 14.3. The van der Waals surface area contributed by atoms with Gasteiger partial charge in [0, 0.05) is 25.0 Å². The van der Waals surface area contributed by atoms with E-state index in [1.165, 1.54) is 0 Å². The molecule has 2 aromatic rings. The van der Waals surface area contributed by atoms with Gasteiger partial charge in [-0.15, -0.1) is 0 Å². The van der Waals surface area contributed by atoms with Crippen LogP contribution >= 0.6 is 0 Å². The summed E-state index contributed by atoms with van der Waals surface area (Å²) in [4.78, 5) is 31.4. The number of likely N-dealkylation sites (tertiary alicyclic amines) is 1. The second kappa shape index (κ2) is 7.29. The molecule has 2 aliphatic heterocycles. The van der Waals surface area contributed by atoms with Crippen molar-refractivity contribution >= 4 is 11.8 Å². The molecule has 3 atom stereocenters. The first-order chi connectivity index (χ1) is 12.7. The van der Waals surface area contributed by atoms with Crippen molar-refractivity contribution in [1.29, 1.82) is 0 Å². The number of hydrogen-bond acceptors (Lipinski definition) is 5. The van der Waals surface area contributed by atoms with Crippen LogP contribution in [-0.2, 0) is 27.3 Å². The Morgan fingerprint density at radius 2 is 2.19 bits per heavy atom. The molecule has 4 heterocycles. The summed E-state index contributed by atoms with van der Waals surface area (Å²) < 4.78 is 11.0. The predicted molar refractivity (Wildman–Crippen MR) is 91.8 cm³/mol. The maximum Gasteiger partial charge on any atom is 0.228 e. The molecule has 0 unspecified atom stereocenters. The molecule has 4 rings (SSSR count). The zero-order chi connectivity index (χ0) is 17.9. The molecular weight excluding hydrogens is 334 g/mol. The summed E-state index contributed by atoms with van der Waals surface area (Å²) in [6, 6.07) is 9.09. The summed E-state index contributed by atoms with van der Waals surface area (Å²) >= 11 is 0. The van der Waals surface area contributed by atoms with Crippen molar-refractivity contribution in [2.45, 2.75) is 31.5 Å². The SMILES string of the molecule is O=C(NCc1ccco1)[C@@H]1CN(C(=O)Cc2ccccn2)[C@@H]2CCO[C@H]21. The van der Waals surface area contributed by atoms with E-state index in [1.54, 1.807) is 23.4 Å². The summed E-state index contributed by atoms with van der Waals surface area (Å²) in [5.41, 5.74) is 0.735. The Bertz CT molecular complexity index is 762. The first-order valence-electron chi connectivity index (χ1n) is 8.83. The molecule has 7 heteroatoms. The minimum absolute atomic E-state index is 0.00876. The molecule has 7 nitrogen and oxygen atoms in total. The minimum atomic E-state index is -0.356. The lowest BCUT2D eigenvalue weighted by Crippen LogP contribution is -2.38. The standard InChI is InChI=1S/C19H21N3O4/c23-17(10-13-4-1-2-7-20-13)22-12-15(18-16(22)6-9-26-18)19(24)21-11-14-5-3-8-25-14/h1-5,7-8,15-16,18H,6,9-12H2,(H,21,24)/t15-,16-,18+/m1/s1. The van der Waals surface area contributed by atoms with Gasteiger partial charge in [-0.05, 0) is 30.7 Å². The second-order valence-electron chi connectivity index (χ2n) is 6.64. The van der Waals surface area contributed by atoms with Crippen molar-refractivity contribution in [1.82, 2.24) is 15.2 Å². The Labute approximate surface area is 151 Å². The van der Waals surface area contributed by atoms with E-state index in [1.807, 2.05) is 24.3 Å². The molecule has 1 N–H and O–H groups in total. The van der Waals surface area contributed by atoms with Gasteiger partial charge in [0.2, 0.25) is 11.8 Å². The molecule has 2 aliphatic rings. The fraction of sp³-hybridized carbons (Fsp3) is 0.421. The van der Waals surface area contributed by atoms with Crippen LogP contribution in [0.3, 0.4) is 0 Å². The molecule has 2 saturated heterocycles. The van der Waals surface area contributed by atoms with E-state index in [0.717, 1.165) is 12.1 Å². The van der Waals surface area contributed by atoms with E-state index < -0.39 is 0 Å². The van der Waals surface area contributed by atoms with Gasteiger partial charge in [-0.3, -0.25) is 14.6 Å². The van der Waals surface area contributed by atoms with Crippen molar-refractivity contribution in [3.63, 3.8) is 0 Å². The molecule has 26 heavy (non-hydrogen) atoms. The van der Waals surface area contributed by atoms with Gasteiger partial charge >= 0.3 is 0 Å². The molecular formula is C19H21N3O4. The third kappa shape index (κ3) is 3.35. The quantitative estimate of drug-likeness (QED) is 0.870. The largest absolute Gasteiger partial charge is 0.467 e. The maximum absolute atomic E-state index is 12.8. The molecule has 0 aliphatic carbocycles. The van der Waals surface area contributed by atoms with Crippen LogP contribution in [-0.4, -0.2) is 47.0 Å². The van der Waals surface area contributed by atoms with E-state index >= 15 is 0 Å². The third-order valence-electron chi connectivity index (χ3n) is 5.03. The highest BCUT2D eigenvalue weighted by Crippen LogP contribution is 2.34. The van der Waals surface area contributed by atoms with Gasteiger partial charge in [-0.25, -0.2) is 0 Å². The highest BCUT2D eigenvalue weighted by molar-refractivity contribution is 5.84. The van der Waals surface area contributed by atoms with Crippen LogP contribution in [0.15, 0.2) is 47.2 Å². The Hall–Kier alpha value is -2.67. The van der Waals surface area contributed by atoms with Crippen molar-refractivity contribution < 1.29 is 18.7 Å². The highest BCUT2D eigenvalue weighted by atomic mass is 16.5. The molecule has 0 spiro atoms. The average Bonchev–Trinajstić information content (AvgIpc) is 3.38. The normalized spacial score (nSPS) is 24.5. The fourth-order valence-electron chi connectivity index (χ4n) is 3.77. The van der Waals surface area contributed by atoms with Gasteiger partial charge in [0.15, 0.2) is 0 Å². The predicted octanol–water partition coefficient (Wildman–Crippen LogP) is 1.15. The molecule has 0 bridgehead atoms. The van der Waals surface area contributed by atoms with Gasteiger partial charge in [-0.2, -0.15) is 0 Å². The molecule has 0 radical (unpaired) electrons. The van der Waals surface area contributed by atoms with Crippen LogP contribution in [0.2, 0.25) is 0 Å². The van der Waals surface area contributed by atoms with Crippen molar-refractivity contribution in [2.24, 2.45) is 5.92 Å². The van der Waals surface area contributed by atoms with E-state index in [9.17, 15) is 9.59 Å². The lowest BCUT2D eigenvalue weighted by atomic mass is 10.0. The topological polar surface area (TPSA) is 84.7 Å². The zero-order valence-electron chi connectivity index (χ0n) is 14.3. The summed E-state index contributed by atoms with van der Waals surface area (Å²) in [6.07, 6.45) is 4.02. The molecule has 0 aromatic carbocycles. The van der Waals surface area contributed by atoms with Crippen LogP contribution in [0, 0.1) is 5.92 Å². The molecule has 0 saturated carbocycles. The maximum atomic E-state index is 12.8. The number of carbonyl (C=O) groups excluding carboxylic acids is 2. The monoisotopic (exact) mass is 355 g/mol. The van der Waals surface area contributed by atoms with Gasteiger partial charge < -0.3 is 19.4 Å². The summed E-state index contributed by atoms with van der Waals surface area (Å²) in [6.45, 7) is 1.29. The fourth-order valence-corrected chi connectivity index (χ4v) is 3.77. The number of ether oxygens (including phenoxy) is 1. The Morgan fingerprint density at radius 3 is 2.96 bits per heavy atom. The minimum Gasteiger partial charge on any atom is -0.467 e. The average molecular weight is 355 g/mol. The summed E-state index contributed by atoms with van der Waals surface area (Å²) in [7, 11) is 0. The lowest BCUT2D eigenvalue weighted by molar-refractivity contribution is -0.131. The van der Waals surface area contributed by atoms with Crippen LogP contribution in [0.4, 0.5) is 0 Å². The molecule has 2 amide bonds. The smallest absolute Gasteiger partial charge is 0.228 e.